The molecule has 2 rings (SSSR count). The van der Waals surface area contributed by atoms with Crippen LogP contribution in [0.1, 0.15) is 30.0 Å². The average molecular weight is 438 g/mol. The summed E-state index contributed by atoms with van der Waals surface area (Å²) in [4.78, 5) is 11.0. The van der Waals surface area contributed by atoms with Crippen molar-refractivity contribution in [2.24, 2.45) is 10.9 Å². The number of ether oxygens (including phenoxy) is 1. The van der Waals surface area contributed by atoms with Crippen LogP contribution in [0.5, 0.6) is 0 Å². The van der Waals surface area contributed by atoms with Crippen LogP contribution in [0.25, 0.3) is 0 Å². The molecule has 0 amide bonds. The van der Waals surface area contributed by atoms with Gasteiger partial charge in [0.05, 0.1) is 17.2 Å². The van der Waals surface area contributed by atoms with Crippen molar-refractivity contribution in [3.8, 4) is 0 Å². The van der Waals surface area contributed by atoms with E-state index >= 15 is 0 Å². The Kier molecular flexibility index (Phi) is 9.27. The van der Waals surface area contributed by atoms with Crippen LogP contribution in [0.15, 0.2) is 10.4 Å². The summed E-state index contributed by atoms with van der Waals surface area (Å²) in [5.74, 6) is 1.73. The molecule has 0 unspecified atom stereocenters. The van der Waals surface area contributed by atoms with E-state index in [1.165, 1.54) is 19.3 Å². The van der Waals surface area contributed by atoms with Gasteiger partial charge in [-0.15, -0.1) is 35.3 Å². The number of halogens is 1. The first-order valence-corrected chi connectivity index (χ1v) is 8.47. The van der Waals surface area contributed by atoms with E-state index in [0.29, 0.717) is 0 Å². The Bertz CT molecular complexity index is 460. The van der Waals surface area contributed by atoms with Gasteiger partial charge in [-0.25, -0.2) is 4.98 Å². The molecule has 22 heavy (non-hydrogen) atoms. The summed E-state index contributed by atoms with van der Waals surface area (Å²) in [6.45, 7) is 5.64. The fourth-order valence-electron chi connectivity index (χ4n) is 2.61. The maximum absolute atomic E-state index is 5.40. The van der Waals surface area contributed by atoms with Crippen molar-refractivity contribution in [1.82, 2.24) is 15.2 Å². The summed E-state index contributed by atoms with van der Waals surface area (Å²) in [6, 6.07) is 0. The lowest BCUT2D eigenvalue weighted by Gasteiger charge is -2.24. The third kappa shape index (κ3) is 6.37. The largest absolute Gasteiger partial charge is 0.381 e. The smallest absolute Gasteiger partial charge is 0.193 e. The van der Waals surface area contributed by atoms with E-state index in [-0.39, 0.29) is 24.0 Å². The van der Waals surface area contributed by atoms with Gasteiger partial charge >= 0.3 is 0 Å². The predicted molar refractivity (Wildman–Crippen MR) is 103 cm³/mol. The fraction of sp³-hybridized carbons (Fsp3) is 0.733. The highest BCUT2D eigenvalue weighted by atomic mass is 127. The number of aryl methyl sites for hydroxylation is 1. The molecule has 0 aliphatic carbocycles. The molecule has 0 saturated carbocycles. The lowest BCUT2D eigenvalue weighted by atomic mass is 9.97. The van der Waals surface area contributed by atoms with Crippen LogP contribution in [-0.2, 0) is 11.3 Å². The molecule has 0 spiro atoms. The van der Waals surface area contributed by atoms with Gasteiger partial charge in [-0.05, 0) is 32.1 Å². The van der Waals surface area contributed by atoms with Crippen LogP contribution in [0.4, 0.5) is 0 Å². The summed E-state index contributed by atoms with van der Waals surface area (Å²) in [7, 11) is 3.89. The first kappa shape index (κ1) is 19.6. The van der Waals surface area contributed by atoms with Crippen LogP contribution in [0.2, 0.25) is 0 Å². The van der Waals surface area contributed by atoms with Crippen LogP contribution in [0.3, 0.4) is 0 Å². The van der Waals surface area contributed by atoms with E-state index in [9.17, 15) is 0 Å². The highest BCUT2D eigenvalue weighted by molar-refractivity contribution is 14.0. The quantitative estimate of drug-likeness (QED) is 0.437. The number of aromatic nitrogens is 1. The molecule has 0 aromatic carbocycles. The van der Waals surface area contributed by atoms with Gasteiger partial charge in [0.25, 0.3) is 0 Å². The zero-order valence-corrected chi connectivity index (χ0v) is 16.8. The zero-order chi connectivity index (χ0) is 15.1. The molecule has 0 radical (unpaired) electrons. The number of aliphatic imine (C=N–C) groups is 1. The fourth-order valence-corrected chi connectivity index (χ4v) is 3.21. The van der Waals surface area contributed by atoms with Gasteiger partial charge in [-0.1, -0.05) is 0 Å². The van der Waals surface area contributed by atoms with Gasteiger partial charge in [0, 0.05) is 39.2 Å². The molecule has 1 aromatic heterocycles. The summed E-state index contributed by atoms with van der Waals surface area (Å²) < 4.78 is 5.40. The second-order valence-electron chi connectivity index (χ2n) is 5.53. The van der Waals surface area contributed by atoms with Gasteiger partial charge in [-0.2, -0.15) is 0 Å². The van der Waals surface area contributed by atoms with Crippen LogP contribution in [0, 0.1) is 12.8 Å². The predicted octanol–water partition coefficient (Wildman–Crippen LogP) is 2.89. The molecule has 1 aromatic rings. The molecule has 5 nitrogen and oxygen atoms in total. The van der Waals surface area contributed by atoms with Crippen LogP contribution >= 0.6 is 35.3 Å². The van der Waals surface area contributed by atoms with Crippen molar-refractivity contribution in [2.45, 2.75) is 32.7 Å². The number of hydrogen-bond donors (Lipinski definition) is 1. The van der Waals surface area contributed by atoms with E-state index in [1.807, 2.05) is 14.0 Å². The molecule has 7 heteroatoms. The van der Waals surface area contributed by atoms with E-state index < -0.39 is 0 Å². The first-order chi connectivity index (χ1) is 10.2. The van der Waals surface area contributed by atoms with Gasteiger partial charge < -0.3 is 15.0 Å². The Balaban J connectivity index is 0.00000242. The Morgan fingerprint density at radius 3 is 2.82 bits per heavy atom. The molecular weight excluding hydrogens is 411 g/mol. The number of guanidine groups is 1. The molecule has 126 valence electrons. The Hall–Kier alpha value is -0.410. The van der Waals surface area contributed by atoms with Crippen molar-refractivity contribution in [1.29, 1.82) is 0 Å². The number of thiazole rings is 1. The summed E-state index contributed by atoms with van der Waals surface area (Å²) in [5.41, 5.74) is 1.10. The number of rotatable bonds is 5. The Morgan fingerprint density at radius 2 is 2.23 bits per heavy atom. The summed E-state index contributed by atoms with van der Waals surface area (Å²) in [6.07, 6.45) is 3.56. The molecule has 2 heterocycles. The standard InChI is InChI=1S/C15H26N4OS.HI/c1-12-18-14(11-21-12)10-19(3)15(16-2)17-7-4-13-5-8-20-9-6-13;/h11,13H,4-10H2,1-3H3,(H,16,17);1H. The molecule has 1 fully saturated rings. The molecule has 0 atom stereocenters. The normalized spacial score (nSPS) is 16.2. The minimum atomic E-state index is 0. The van der Waals surface area contributed by atoms with Gasteiger partial charge in [0.2, 0.25) is 0 Å². The highest BCUT2D eigenvalue weighted by Gasteiger charge is 2.14. The van der Waals surface area contributed by atoms with Crippen molar-refractivity contribution in [3.05, 3.63) is 16.1 Å². The first-order valence-electron chi connectivity index (χ1n) is 7.59. The monoisotopic (exact) mass is 438 g/mol. The van der Waals surface area contributed by atoms with Crippen molar-refractivity contribution < 1.29 is 4.74 Å². The minimum absolute atomic E-state index is 0. The van der Waals surface area contributed by atoms with Gasteiger partial charge in [-0.3, -0.25) is 4.99 Å². The number of nitrogens with one attached hydrogen (secondary N) is 1. The van der Waals surface area contributed by atoms with E-state index in [0.717, 1.165) is 48.9 Å². The Morgan fingerprint density at radius 1 is 1.50 bits per heavy atom. The van der Waals surface area contributed by atoms with Crippen LogP contribution in [-0.4, -0.2) is 49.7 Å². The van der Waals surface area contributed by atoms with E-state index in [2.05, 4.69) is 32.6 Å². The lowest BCUT2D eigenvalue weighted by Crippen LogP contribution is -2.39. The van der Waals surface area contributed by atoms with Gasteiger partial charge in [0.15, 0.2) is 5.96 Å². The van der Waals surface area contributed by atoms with Crippen molar-refractivity contribution in [3.63, 3.8) is 0 Å². The third-order valence-corrected chi connectivity index (χ3v) is 4.64. The van der Waals surface area contributed by atoms with E-state index in [4.69, 9.17) is 4.74 Å². The summed E-state index contributed by atoms with van der Waals surface area (Å²) >= 11 is 1.69. The van der Waals surface area contributed by atoms with Crippen molar-refractivity contribution >= 4 is 41.3 Å². The molecule has 1 N–H and O–H groups in total. The SMILES string of the molecule is CN=C(NCCC1CCOCC1)N(C)Cc1csc(C)n1.I. The second-order valence-corrected chi connectivity index (χ2v) is 6.59. The molecule has 1 saturated heterocycles. The van der Waals surface area contributed by atoms with Crippen LogP contribution < -0.4 is 5.32 Å². The maximum Gasteiger partial charge on any atom is 0.193 e. The lowest BCUT2D eigenvalue weighted by molar-refractivity contribution is 0.0643. The molecule has 1 aliphatic rings. The minimum Gasteiger partial charge on any atom is -0.381 e. The third-order valence-electron chi connectivity index (χ3n) is 3.82. The van der Waals surface area contributed by atoms with E-state index in [1.54, 1.807) is 11.3 Å². The Labute approximate surface area is 154 Å². The topological polar surface area (TPSA) is 49.8 Å². The van der Waals surface area contributed by atoms with Gasteiger partial charge in [0.1, 0.15) is 0 Å². The second kappa shape index (κ2) is 10.4. The maximum atomic E-state index is 5.40. The molecule has 1 aliphatic heterocycles. The summed E-state index contributed by atoms with van der Waals surface area (Å²) in [5, 5.41) is 6.68. The molecule has 0 bridgehead atoms. The highest BCUT2D eigenvalue weighted by Crippen LogP contribution is 2.17. The molecular formula is C15H27IN4OS. The zero-order valence-electron chi connectivity index (χ0n) is 13.7. The number of hydrogen-bond acceptors (Lipinski definition) is 4. The van der Waals surface area contributed by atoms with Crippen molar-refractivity contribution in [2.75, 3.05) is 33.9 Å². The average Bonchev–Trinajstić information content (AvgIpc) is 2.89. The number of nitrogens with zero attached hydrogens (tertiary/aromatic N) is 3.